The van der Waals surface area contributed by atoms with Crippen LogP contribution in [-0.4, -0.2) is 24.0 Å². The predicted octanol–water partition coefficient (Wildman–Crippen LogP) is 2.92. The minimum absolute atomic E-state index is 0.600. The van der Waals surface area contributed by atoms with Crippen molar-refractivity contribution in [3.05, 3.63) is 59.4 Å². The van der Waals surface area contributed by atoms with E-state index in [1.165, 1.54) is 11.3 Å². The molecule has 1 aromatic carbocycles. The van der Waals surface area contributed by atoms with E-state index in [4.69, 9.17) is 4.99 Å². The number of rotatable bonds is 3. The Morgan fingerprint density at radius 2 is 2.09 bits per heavy atom. The number of fused-ring (bicyclic) bond motifs is 1. The molecule has 2 heterocycles. The standard InChI is InChI=1S/C18H22N4/c1-3-19-18(20-13-16-9-6-7-14(2)21-16)22-12-11-15-8-4-5-10-17(15)22/h4-10H,3,11-13H2,1-2H3,(H,19,20). The SMILES string of the molecule is CCNC(=NCc1cccc(C)n1)N1CCc2ccccc21. The van der Waals surface area contributed by atoms with Gasteiger partial charge >= 0.3 is 0 Å². The number of nitrogens with one attached hydrogen (secondary N) is 1. The van der Waals surface area contributed by atoms with E-state index in [2.05, 4.69) is 46.4 Å². The van der Waals surface area contributed by atoms with E-state index in [9.17, 15) is 0 Å². The molecule has 22 heavy (non-hydrogen) atoms. The number of hydrogen-bond acceptors (Lipinski definition) is 2. The third-order valence-electron chi connectivity index (χ3n) is 3.81. The Hall–Kier alpha value is -2.36. The Kier molecular flexibility index (Phi) is 4.37. The van der Waals surface area contributed by atoms with Crippen LogP contribution in [0.5, 0.6) is 0 Å². The summed E-state index contributed by atoms with van der Waals surface area (Å²) in [6.07, 6.45) is 1.07. The first kappa shape index (κ1) is 14.6. The number of nitrogens with zero attached hydrogens (tertiary/aromatic N) is 3. The van der Waals surface area contributed by atoms with Gasteiger partial charge in [0.1, 0.15) is 0 Å². The van der Waals surface area contributed by atoms with Gasteiger partial charge in [0, 0.05) is 24.5 Å². The first-order chi connectivity index (χ1) is 10.8. The monoisotopic (exact) mass is 294 g/mol. The average Bonchev–Trinajstić information content (AvgIpc) is 2.95. The number of para-hydroxylation sites is 1. The number of benzene rings is 1. The molecular formula is C18H22N4. The summed E-state index contributed by atoms with van der Waals surface area (Å²) >= 11 is 0. The van der Waals surface area contributed by atoms with Crippen LogP contribution in [0, 0.1) is 6.92 Å². The van der Waals surface area contributed by atoms with Gasteiger partial charge in [0.15, 0.2) is 5.96 Å². The molecule has 0 spiro atoms. The van der Waals surface area contributed by atoms with Crippen molar-refractivity contribution in [2.75, 3.05) is 18.0 Å². The van der Waals surface area contributed by atoms with E-state index in [1.807, 2.05) is 25.1 Å². The second-order valence-electron chi connectivity index (χ2n) is 5.47. The number of pyridine rings is 1. The summed E-state index contributed by atoms with van der Waals surface area (Å²) in [4.78, 5) is 11.6. The van der Waals surface area contributed by atoms with E-state index in [1.54, 1.807) is 0 Å². The van der Waals surface area contributed by atoms with Gasteiger partial charge in [-0.3, -0.25) is 4.98 Å². The lowest BCUT2D eigenvalue weighted by atomic mass is 10.2. The van der Waals surface area contributed by atoms with Crippen molar-refractivity contribution in [1.82, 2.24) is 10.3 Å². The van der Waals surface area contributed by atoms with Crippen LogP contribution in [0.15, 0.2) is 47.5 Å². The van der Waals surface area contributed by atoms with Crippen molar-refractivity contribution in [3.8, 4) is 0 Å². The summed E-state index contributed by atoms with van der Waals surface area (Å²) in [6, 6.07) is 14.6. The molecule has 0 saturated heterocycles. The van der Waals surface area contributed by atoms with E-state index in [-0.39, 0.29) is 0 Å². The van der Waals surface area contributed by atoms with E-state index in [0.717, 1.165) is 36.9 Å². The number of aromatic nitrogens is 1. The summed E-state index contributed by atoms with van der Waals surface area (Å²) in [5, 5.41) is 3.40. The van der Waals surface area contributed by atoms with E-state index < -0.39 is 0 Å². The maximum atomic E-state index is 4.77. The molecule has 2 aromatic rings. The molecule has 1 N–H and O–H groups in total. The molecule has 0 radical (unpaired) electrons. The number of hydrogen-bond donors (Lipinski definition) is 1. The zero-order valence-corrected chi connectivity index (χ0v) is 13.2. The van der Waals surface area contributed by atoms with Crippen molar-refractivity contribution in [1.29, 1.82) is 0 Å². The smallest absolute Gasteiger partial charge is 0.198 e. The fourth-order valence-electron chi connectivity index (χ4n) is 2.80. The third-order valence-corrected chi connectivity index (χ3v) is 3.81. The molecule has 1 aromatic heterocycles. The van der Waals surface area contributed by atoms with Crippen LogP contribution >= 0.6 is 0 Å². The van der Waals surface area contributed by atoms with Gasteiger partial charge in [-0.2, -0.15) is 0 Å². The molecule has 0 fully saturated rings. The van der Waals surface area contributed by atoms with E-state index in [0.29, 0.717) is 6.54 Å². The van der Waals surface area contributed by atoms with Crippen molar-refractivity contribution in [2.24, 2.45) is 4.99 Å². The van der Waals surface area contributed by atoms with Gasteiger partial charge in [-0.1, -0.05) is 24.3 Å². The van der Waals surface area contributed by atoms with Crippen LogP contribution in [0.4, 0.5) is 5.69 Å². The summed E-state index contributed by atoms with van der Waals surface area (Å²) in [5.41, 5.74) is 4.69. The highest BCUT2D eigenvalue weighted by atomic mass is 15.3. The first-order valence-corrected chi connectivity index (χ1v) is 7.84. The zero-order valence-electron chi connectivity index (χ0n) is 13.2. The largest absolute Gasteiger partial charge is 0.356 e. The van der Waals surface area contributed by atoms with Crippen molar-refractivity contribution in [3.63, 3.8) is 0 Å². The van der Waals surface area contributed by atoms with Gasteiger partial charge in [0.25, 0.3) is 0 Å². The van der Waals surface area contributed by atoms with Gasteiger partial charge in [-0.25, -0.2) is 4.99 Å². The number of guanidine groups is 1. The third kappa shape index (κ3) is 3.11. The summed E-state index contributed by atoms with van der Waals surface area (Å²) in [5.74, 6) is 0.941. The average molecular weight is 294 g/mol. The van der Waals surface area contributed by atoms with Crippen molar-refractivity contribution < 1.29 is 0 Å². The van der Waals surface area contributed by atoms with Crippen molar-refractivity contribution >= 4 is 11.6 Å². The van der Waals surface area contributed by atoms with Crippen molar-refractivity contribution in [2.45, 2.75) is 26.8 Å². The highest BCUT2D eigenvalue weighted by Gasteiger charge is 2.22. The molecule has 0 unspecified atom stereocenters. The maximum absolute atomic E-state index is 4.77. The Labute approximate surface area is 131 Å². The molecule has 0 amide bonds. The van der Waals surface area contributed by atoms with E-state index >= 15 is 0 Å². The highest BCUT2D eigenvalue weighted by Crippen LogP contribution is 2.27. The van der Waals surface area contributed by atoms with Gasteiger partial charge in [0.2, 0.25) is 0 Å². The molecule has 1 aliphatic rings. The zero-order chi connectivity index (χ0) is 15.4. The van der Waals surface area contributed by atoms with Gasteiger partial charge < -0.3 is 10.2 Å². The van der Waals surface area contributed by atoms with Gasteiger partial charge in [-0.05, 0) is 44.0 Å². The molecule has 4 heteroatoms. The summed E-state index contributed by atoms with van der Waals surface area (Å²) < 4.78 is 0. The molecule has 1 aliphatic heterocycles. The first-order valence-electron chi connectivity index (χ1n) is 7.84. The lowest BCUT2D eigenvalue weighted by molar-refractivity contribution is 0.871. The molecular weight excluding hydrogens is 272 g/mol. The summed E-state index contributed by atoms with van der Waals surface area (Å²) in [7, 11) is 0. The number of anilines is 1. The fourth-order valence-corrected chi connectivity index (χ4v) is 2.80. The van der Waals surface area contributed by atoms with Crippen LogP contribution in [0.1, 0.15) is 23.9 Å². The van der Waals surface area contributed by atoms with Crippen LogP contribution < -0.4 is 10.2 Å². The van der Waals surface area contributed by atoms with Crippen LogP contribution in [0.3, 0.4) is 0 Å². The predicted molar refractivity (Wildman–Crippen MR) is 91.3 cm³/mol. The molecule has 4 nitrogen and oxygen atoms in total. The Morgan fingerprint density at radius 3 is 2.91 bits per heavy atom. The van der Waals surface area contributed by atoms with Crippen LogP contribution in [0.2, 0.25) is 0 Å². The second kappa shape index (κ2) is 6.60. The summed E-state index contributed by atoms with van der Waals surface area (Å²) in [6.45, 7) is 6.55. The highest BCUT2D eigenvalue weighted by molar-refractivity contribution is 5.97. The van der Waals surface area contributed by atoms with Crippen LogP contribution in [-0.2, 0) is 13.0 Å². The fraction of sp³-hybridized carbons (Fsp3) is 0.333. The second-order valence-corrected chi connectivity index (χ2v) is 5.47. The van der Waals surface area contributed by atoms with Gasteiger partial charge in [0.05, 0.1) is 12.2 Å². The molecule has 0 bridgehead atoms. The Morgan fingerprint density at radius 1 is 1.23 bits per heavy atom. The lowest BCUT2D eigenvalue weighted by Gasteiger charge is -2.22. The molecule has 3 rings (SSSR count). The quantitative estimate of drug-likeness (QED) is 0.699. The molecule has 0 aliphatic carbocycles. The normalized spacial score (nSPS) is 14.1. The minimum Gasteiger partial charge on any atom is -0.356 e. The number of aryl methyl sites for hydroxylation is 1. The number of aliphatic imine (C=N–C) groups is 1. The molecule has 0 atom stereocenters. The molecule has 114 valence electrons. The Balaban J connectivity index is 1.83. The maximum Gasteiger partial charge on any atom is 0.198 e. The topological polar surface area (TPSA) is 40.5 Å². The lowest BCUT2D eigenvalue weighted by Crippen LogP contribution is -2.40. The minimum atomic E-state index is 0.600. The van der Waals surface area contributed by atoms with Gasteiger partial charge in [-0.15, -0.1) is 0 Å². The van der Waals surface area contributed by atoms with Crippen LogP contribution in [0.25, 0.3) is 0 Å². The Bertz CT molecular complexity index is 678. The molecule has 0 saturated carbocycles.